The van der Waals surface area contributed by atoms with Crippen molar-refractivity contribution in [2.24, 2.45) is 5.92 Å². The lowest BCUT2D eigenvalue weighted by Gasteiger charge is -2.09. The van der Waals surface area contributed by atoms with E-state index in [0.717, 1.165) is 12.8 Å². The van der Waals surface area contributed by atoms with Gasteiger partial charge in [0.2, 0.25) is 0 Å². The van der Waals surface area contributed by atoms with Gasteiger partial charge in [0, 0.05) is 0 Å². The van der Waals surface area contributed by atoms with Crippen LogP contribution in [-0.4, -0.2) is 11.2 Å². The van der Waals surface area contributed by atoms with E-state index in [9.17, 15) is 0 Å². The van der Waals surface area contributed by atoms with Gasteiger partial charge in [-0.1, -0.05) is 26.3 Å². The molecule has 2 atom stereocenters. The summed E-state index contributed by atoms with van der Waals surface area (Å²) >= 11 is 0. The van der Waals surface area contributed by atoms with Crippen LogP contribution in [0.3, 0.4) is 0 Å². The molecule has 0 fully saturated rings. The summed E-state index contributed by atoms with van der Waals surface area (Å²) in [5, 5.41) is 9.04. The second-order valence-electron chi connectivity index (χ2n) is 2.55. The fourth-order valence-electron chi connectivity index (χ4n) is 0.675. The Labute approximate surface area is 57.4 Å². The first kappa shape index (κ1) is 8.70. The van der Waals surface area contributed by atoms with Crippen molar-refractivity contribution in [3.63, 3.8) is 0 Å². The van der Waals surface area contributed by atoms with E-state index in [1.807, 2.05) is 0 Å². The SMILES string of the molecule is C=CC(O)CC(C)CC. The smallest absolute Gasteiger partial charge is 0.0720 e. The summed E-state index contributed by atoms with van der Waals surface area (Å²) in [6, 6.07) is 0. The third-order valence-electron chi connectivity index (χ3n) is 1.61. The Balaban J connectivity index is 3.33. The van der Waals surface area contributed by atoms with Crippen molar-refractivity contribution in [2.45, 2.75) is 32.8 Å². The van der Waals surface area contributed by atoms with Crippen LogP contribution in [0.2, 0.25) is 0 Å². The van der Waals surface area contributed by atoms with Gasteiger partial charge in [0.1, 0.15) is 0 Å². The number of hydrogen-bond acceptors (Lipinski definition) is 1. The topological polar surface area (TPSA) is 20.2 Å². The Bertz CT molecular complexity index is 78.6. The van der Waals surface area contributed by atoms with E-state index in [1.54, 1.807) is 6.08 Å². The maximum Gasteiger partial charge on any atom is 0.0720 e. The summed E-state index contributed by atoms with van der Waals surface area (Å²) in [6.07, 6.45) is 3.26. The molecule has 0 spiro atoms. The molecular formula is C8H16O. The Morgan fingerprint density at radius 1 is 1.67 bits per heavy atom. The van der Waals surface area contributed by atoms with E-state index in [0.29, 0.717) is 5.92 Å². The third-order valence-corrected chi connectivity index (χ3v) is 1.61. The third kappa shape index (κ3) is 4.22. The number of aliphatic hydroxyl groups excluding tert-OH is 1. The predicted octanol–water partition coefficient (Wildman–Crippen LogP) is 1.97. The summed E-state index contributed by atoms with van der Waals surface area (Å²) in [5.41, 5.74) is 0. The van der Waals surface area contributed by atoms with Gasteiger partial charge < -0.3 is 5.11 Å². The average Bonchev–Trinajstić information content (AvgIpc) is 1.87. The molecule has 2 unspecified atom stereocenters. The van der Waals surface area contributed by atoms with Crippen LogP contribution in [0.4, 0.5) is 0 Å². The molecule has 0 amide bonds. The fraction of sp³-hybridized carbons (Fsp3) is 0.750. The standard InChI is InChI=1S/C8H16O/c1-4-7(3)6-8(9)5-2/h5,7-9H,2,4,6H2,1,3H3. The summed E-state index contributed by atoms with van der Waals surface area (Å²) in [6.45, 7) is 7.76. The van der Waals surface area contributed by atoms with Crippen molar-refractivity contribution in [1.29, 1.82) is 0 Å². The second kappa shape index (κ2) is 4.57. The first-order chi connectivity index (χ1) is 4.20. The largest absolute Gasteiger partial charge is 0.389 e. The van der Waals surface area contributed by atoms with Crippen LogP contribution in [0, 0.1) is 5.92 Å². The minimum atomic E-state index is -0.306. The maximum absolute atomic E-state index is 9.04. The minimum Gasteiger partial charge on any atom is -0.389 e. The van der Waals surface area contributed by atoms with Crippen LogP contribution in [0.25, 0.3) is 0 Å². The van der Waals surface area contributed by atoms with Crippen LogP contribution in [0.15, 0.2) is 12.7 Å². The molecule has 0 aliphatic heterocycles. The van der Waals surface area contributed by atoms with Crippen LogP contribution in [0.5, 0.6) is 0 Å². The molecular weight excluding hydrogens is 112 g/mol. The molecule has 0 rings (SSSR count). The molecule has 0 aromatic carbocycles. The number of hydrogen-bond donors (Lipinski definition) is 1. The lowest BCUT2D eigenvalue weighted by Crippen LogP contribution is -2.07. The van der Waals surface area contributed by atoms with Gasteiger partial charge in [0.25, 0.3) is 0 Å². The van der Waals surface area contributed by atoms with E-state index in [2.05, 4.69) is 20.4 Å². The Morgan fingerprint density at radius 3 is 2.56 bits per heavy atom. The van der Waals surface area contributed by atoms with Crippen LogP contribution < -0.4 is 0 Å². The van der Waals surface area contributed by atoms with E-state index in [4.69, 9.17) is 5.11 Å². The molecule has 0 saturated heterocycles. The molecule has 0 saturated carbocycles. The minimum absolute atomic E-state index is 0.306. The summed E-state index contributed by atoms with van der Waals surface area (Å²) < 4.78 is 0. The fourth-order valence-corrected chi connectivity index (χ4v) is 0.675. The molecule has 0 heterocycles. The molecule has 1 heteroatoms. The molecule has 0 aromatic rings. The van der Waals surface area contributed by atoms with Gasteiger partial charge in [-0.05, 0) is 12.3 Å². The van der Waals surface area contributed by atoms with Gasteiger partial charge in [-0.15, -0.1) is 6.58 Å². The molecule has 54 valence electrons. The monoisotopic (exact) mass is 128 g/mol. The van der Waals surface area contributed by atoms with Crippen LogP contribution in [-0.2, 0) is 0 Å². The molecule has 0 bridgehead atoms. The quantitative estimate of drug-likeness (QED) is 0.574. The van der Waals surface area contributed by atoms with E-state index in [1.165, 1.54) is 0 Å². The van der Waals surface area contributed by atoms with Gasteiger partial charge in [-0.3, -0.25) is 0 Å². The molecule has 9 heavy (non-hydrogen) atoms. The second-order valence-corrected chi connectivity index (χ2v) is 2.55. The highest BCUT2D eigenvalue weighted by atomic mass is 16.3. The lowest BCUT2D eigenvalue weighted by molar-refractivity contribution is 0.190. The Kier molecular flexibility index (Phi) is 4.41. The molecule has 0 aromatic heterocycles. The van der Waals surface area contributed by atoms with Gasteiger partial charge in [-0.2, -0.15) is 0 Å². The van der Waals surface area contributed by atoms with Gasteiger partial charge in [0.05, 0.1) is 6.10 Å². The van der Waals surface area contributed by atoms with Gasteiger partial charge in [-0.25, -0.2) is 0 Å². The van der Waals surface area contributed by atoms with Crippen LogP contribution >= 0.6 is 0 Å². The molecule has 1 nitrogen and oxygen atoms in total. The maximum atomic E-state index is 9.04. The Hall–Kier alpha value is -0.300. The van der Waals surface area contributed by atoms with E-state index < -0.39 is 0 Å². The molecule has 0 aliphatic carbocycles. The van der Waals surface area contributed by atoms with Crippen molar-refractivity contribution in [3.8, 4) is 0 Å². The van der Waals surface area contributed by atoms with Crippen molar-refractivity contribution in [2.75, 3.05) is 0 Å². The van der Waals surface area contributed by atoms with Gasteiger partial charge in [0.15, 0.2) is 0 Å². The highest BCUT2D eigenvalue weighted by Crippen LogP contribution is 2.09. The predicted molar refractivity (Wildman–Crippen MR) is 40.3 cm³/mol. The van der Waals surface area contributed by atoms with Crippen molar-refractivity contribution >= 4 is 0 Å². The molecule has 1 N–H and O–H groups in total. The van der Waals surface area contributed by atoms with E-state index in [-0.39, 0.29) is 6.10 Å². The van der Waals surface area contributed by atoms with Crippen LogP contribution in [0.1, 0.15) is 26.7 Å². The summed E-state index contributed by atoms with van der Waals surface area (Å²) in [7, 11) is 0. The van der Waals surface area contributed by atoms with Crippen molar-refractivity contribution in [1.82, 2.24) is 0 Å². The Morgan fingerprint density at radius 2 is 2.22 bits per heavy atom. The zero-order valence-electron chi connectivity index (χ0n) is 6.30. The first-order valence-electron chi connectivity index (χ1n) is 3.51. The zero-order valence-corrected chi connectivity index (χ0v) is 6.30. The molecule has 0 aliphatic rings. The summed E-state index contributed by atoms with van der Waals surface area (Å²) in [5.74, 6) is 0.609. The normalized spacial score (nSPS) is 16.8. The molecule has 0 radical (unpaired) electrons. The number of aliphatic hydroxyl groups is 1. The highest BCUT2D eigenvalue weighted by molar-refractivity contribution is 4.78. The average molecular weight is 128 g/mol. The number of rotatable bonds is 4. The first-order valence-corrected chi connectivity index (χ1v) is 3.51. The lowest BCUT2D eigenvalue weighted by atomic mass is 10.0. The van der Waals surface area contributed by atoms with Crippen molar-refractivity contribution in [3.05, 3.63) is 12.7 Å². The van der Waals surface area contributed by atoms with E-state index >= 15 is 0 Å². The zero-order chi connectivity index (χ0) is 7.28. The summed E-state index contributed by atoms with van der Waals surface area (Å²) in [4.78, 5) is 0. The highest BCUT2D eigenvalue weighted by Gasteiger charge is 2.03. The van der Waals surface area contributed by atoms with Gasteiger partial charge >= 0.3 is 0 Å². The van der Waals surface area contributed by atoms with Crippen molar-refractivity contribution < 1.29 is 5.11 Å².